The number of carbonyl (C=O) groups excluding carboxylic acids is 1. The van der Waals surface area contributed by atoms with Crippen LogP contribution in [0.2, 0.25) is 0 Å². The monoisotopic (exact) mass is 393 g/mol. The maximum absolute atomic E-state index is 13.7. The summed E-state index contributed by atoms with van der Waals surface area (Å²) in [7, 11) is 0. The predicted molar refractivity (Wildman–Crippen MR) is 113 cm³/mol. The van der Waals surface area contributed by atoms with Gasteiger partial charge < -0.3 is 15.5 Å². The topological polar surface area (TPSA) is 70.2 Å². The molecule has 1 heterocycles. The molecule has 0 aliphatic carbocycles. The van der Waals surface area contributed by atoms with Gasteiger partial charge in [-0.1, -0.05) is 18.2 Å². The maximum Gasteiger partial charge on any atom is 0.270 e. The number of halogens is 1. The van der Waals surface area contributed by atoms with E-state index in [1.165, 1.54) is 12.4 Å². The third kappa shape index (κ3) is 5.28. The minimum Gasteiger partial charge on any atom is -0.372 e. The predicted octanol–water partition coefficient (Wildman–Crippen LogP) is 4.14. The molecule has 2 N–H and O–H groups in total. The summed E-state index contributed by atoms with van der Waals surface area (Å²) in [5.41, 5.74) is 2.63. The first-order valence-electron chi connectivity index (χ1n) is 9.56. The smallest absolute Gasteiger partial charge is 0.270 e. The Morgan fingerprint density at radius 2 is 1.76 bits per heavy atom. The Bertz CT molecular complexity index is 957. The normalized spacial score (nSPS) is 10.4. The Balaban J connectivity index is 1.64. The average molecular weight is 393 g/mol. The van der Waals surface area contributed by atoms with E-state index in [0.29, 0.717) is 11.4 Å². The molecule has 0 radical (unpaired) electrons. The summed E-state index contributed by atoms with van der Waals surface area (Å²) in [5, 5.41) is 5.85. The van der Waals surface area contributed by atoms with Crippen molar-refractivity contribution in [3.8, 4) is 0 Å². The lowest BCUT2D eigenvalue weighted by Crippen LogP contribution is -2.24. The summed E-state index contributed by atoms with van der Waals surface area (Å²) in [5.74, 6) is -0.242. The van der Waals surface area contributed by atoms with Crippen LogP contribution in [0.3, 0.4) is 0 Å². The highest BCUT2D eigenvalue weighted by Crippen LogP contribution is 2.20. The molecule has 3 aromatic rings. The van der Waals surface area contributed by atoms with E-state index in [0.717, 1.165) is 24.5 Å². The molecule has 0 unspecified atom stereocenters. The van der Waals surface area contributed by atoms with Crippen molar-refractivity contribution >= 4 is 23.1 Å². The van der Waals surface area contributed by atoms with Gasteiger partial charge in [0.2, 0.25) is 0 Å². The van der Waals surface area contributed by atoms with Gasteiger partial charge in [-0.05, 0) is 44.2 Å². The molecule has 29 heavy (non-hydrogen) atoms. The first-order valence-corrected chi connectivity index (χ1v) is 9.56. The molecule has 1 aromatic heterocycles. The Labute approximate surface area is 169 Å². The van der Waals surface area contributed by atoms with Gasteiger partial charge in [-0.2, -0.15) is 0 Å². The van der Waals surface area contributed by atoms with E-state index in [2.05, 4.69) is 39.3 Å². The molecule has 0 aliphatic rings. The standard InChI is InChI=1S/C22H24FN5O/c1-3-28(4-2)18-11-9-17(10-12-18)27-21-13-20(25-15-26-21)22(29)24-14-16-7-5-6-8-19(16)23/h5-13,15H,3-4,14H2,1-2H3,(H,24,29)(H,25,26,27). The van der Waals surface area contributed by atoms with Crippen molar-refractivity contribution in [3.63, 3.8) is 0 Å². The quantitative estimate of drug-likeness (QED) is 0.602. The largest absolute Gasteiger partial charge is 0.372 e. The lowest BCUT2D eigenvalue weighted by Gasteiger charge is -2.21. The van der Waals surface area contributed by atoms with Crippen molar-refractivity contribution in [3.05, 3.63) is 78.0 Å². The van der Waals surface area contributed by atoms with Crippen LogP contribution in [0.15, 0.2) is 60.9 Å². The Morgan fingerprint density at radius 1 is 1.03 bits per heavy atom. The first-order chi connectivity index (χ1) is 14.1. The highest BCUT2D eigenvalue weighted by Gasteiger charge is 2.10. The maximum atomic E-state index is 13.7. The number of aromatic nitrogens is 2. The third-order valence-corrected chi connectivity index (χ3v) is 4.57. The molecule has 6 nitrogen and oxygen atoms in total. The van der Waals surface area contributed by atoms with E-state index >= 15 is 0 Å². The van der Waals surface area contributed by atoms with Crippen LogP contribution in [0, 0.1) is 5.82 Å². The van der Waals surface area contributed by atoms with E-state index in [-0.39, 0.29) is 18.1 Å². The van der Waals surface area contributed by atoms with Crippen LogP contribution in [-0.2, 0) is 6.54 Å². The SMILES string of the molecule is CCN(CC)c1ccc(Nc2cc(C(=O)NCc3ccccc3F)ncn2)cc1. The molecular formula is C22H24FN5O. The second-order valence-electron chi connectivity index (χ2n) is 6.41. The van der Waals surface area contributed by atoms with Gasteiger partial charge in [0.15, 0.2) is 0 Å². The van der Waals surface area contributed by atoms with E-state index in [1.54, 1.807) is 24.3 Å². The van der Waals surface area contributed by atoms with E-state index in [9.17, 15) is 9.18 Å². The summed E-state index contributed by atoms with van der Waals surface area (Å²) in [6.07, 6.45) is 1.32. The van der Waals surface area contributed by atoms with Crippen molar-refractivity contribution in [1.82, 2.24) is 15.3 Å². The third-order valence-electron chi connectivity index (χ3n) is 4.57. The van der Waals surface area contributed by atoms with Crippen molar-refractivity contribution in [1.29, 1.82) is 0 Å². The molecule has 1 amide bonds. The summed E-state index contributed by atoms with van der Waals surface area (Å²) in [6.45, 7) is 6.22. The zero-order chi connectivity index (χ0) is 20.6. The Morgan fingerprint density at radius 3 is 2.45 bits per heavy atom. The second kappa shape index (κ2) is 9.64. The van der Waals surface area contributed by atoms with Gasteiger partial charge in [0, 0.05) is 42.6 Å². The number of nitrogens with one attached hydrogen (secondary N) is 2. The van der Waals surface area contributed by atoms with Gasteiger partial charge in [-0.15, -0.1) is 0 Å². The number of hydrogen-bond donors (Lipinski definition) is 2. The Kier molecular flexibility index (Phi) is 6.73. The van der Waals surface area contributed by atoms with Gasteiger partial charge in [-0.25, -0.2) is 14.4 Å². The van der Waals surface area contributed by atoms with Crippen LogP contribution in [0.4, 0.5) is 21.6 Å². The summed E-state index contributed by atoms with van der Waals surface area (Å²) < 4.78 is 13.7. The highest BCUT2D eigenvalue weighted by molar-refractivity contribution is 5.92. The number of amides is 1. The lowest BCUT2D eigenvalue weighted by atomic mass is 10.2. The minimum atomic E-state index is -0.393. The number of benzene rings is 2. The van der Waals surface area contributed by atoms with E-state index in [4.69, 9.17) is 0 Å². The average Bonchev–Trinajstić information content (AvgIpc) is 2.75. The summed E-state index contributed by atoms with van der Waals surface area (Å²) in [4.78, 5) is 22.8. The molecule has 0 saturated heterocycles. The van der Waals surface area contributed by atoms with Crippen LogP contribution in [0.1, 0.15) is 29.9 Å². The van der Waals surface area contributed by atoms with Crippen molar-refractivity contribution in [2.45, 2.75) is 20.4 Å². The molecule has 0 saturated carbocycles. The van der Waals surface area contributed by atoms with Gasteiger partial charge in [0.1, 0.15) is 23.7 Å². The fourth-order valence-corrected chi connectivity index (χ4v) is 2.95. The Hall–Kier alpha value is -3.48. The van der Waals surface area contributed by atoms with Crippen molar-refractivity contribution in [2.75, 3.05) is 23.3 Å². The molecule has 0 bridgehead atoms. The molecule has 0 atom stereocenters. The van der Waals surface area contributed by atoms with Crippen LogP contribution < -0.4 is 15.5 Å². The van der Waals surface area contributed by atoms with Gasteiger partial charge in [-0.3, -0.25) is 4.79 Å². The van der Waals surface area contributed by atoms with Crippen LogP contribution >= 0.6 is 0 Å². The van der Waals surface area contributed by atoms with Gasteiger partial charge in [0.25, 0.3) is 5.91 Å². The fraction of sp³-hybridized carbons (Fsp3) is 0.227. The first kappa shape index (κ1) is 20.3. The fourth-order valence-electron chi connectivity index (χ4n) is 2.95. The van der Waals surface area contributed by atoms with Crippen molar-refractivity contribution in [2.24, 2.45) is 0 Å². The number of hydrogen-bond acceptors (Lipinski definition) is 5. The summed E-state index contributed by atoms with van der Waals surface area (Å²) in [6, 6.07) is 15.9. The molecular weight excluding hydrogens is 369 g/mol. The van der Waals surface area contributed by atoms with Gasteiger partial charge in [0.05, 0.1) is 0 Å². The number of rotatable bonds is 8. The molecule has 2 aromatic carbocycles. The van der Waals surface area contributed by atoms with Crippen LogP contribution in [0.5, 0.6) is 0 Å². The molecule has 150 valence electrons. The highest BCUT2D eigenvalue weighted by atomic mass is 19.1. The van der Waals surface area contributed by atoms with Crippen LogP contribution in [-0.4, -0.2) is 29.0 Å². The molecule has 0 spiro atoms. The minimum absolute atomic E-state index is 0.0884. The second-order valence-corrected chi connectivity index (χ2v) is 6.41. The van der Waals surface area contributed by atoms with E-state index in [1.807, 2.05) is 24.3 Å². The number of carbonyl (C=O) groups is 1. The molecule has 0 aliphatic heterocycles. The van der Waals surface area contributed by atoms with Gasteiger partial charge >= 0.3 is 0 Å². The van der Waals surface area contributed by atoms with Crippen molar-refractivity contribution < 1.29 is 9.18 Å². The number of nitrogens with zero attached hydrogens (tertiary/aromatic N) is 3. The zero-order valence-electron chi connectivity index (χ0n) is 16.5. The zero-order valence-corrected chi connectivity index (χ0v) is 16.5. The number of anilines is 3. The van der Waals surface area contributed by atoms with Crippen LogP contribution in [0.25, 0.3) is 0 Å². The summed E-state index contributed by atoms with van der Waals surface area (Å²) >= 11 is 0. The molecule has 3 rings (SSSR count). The lowest BCUT2D eigenvalue weighted by molar-refractivity contribution is 0.0945. The molecule has 7 heteroatoms. The molecule has 0 fully saturated rings. The van der Waals surface area contributed by atoms with E-state index < -0.39 is 5.91 Å².